The fourth-order valence-electron chi connectivity index (χ4n) is 3.69. The maximum absolute atomic E-state index is 13.0. The highest BCUT2D eigenvalue weighted by atomic mass is 32.1. The lowest BCUT2D eigenvalue weighted by molar-refractivity contribution is -0.141. The zero-order valence-electron chi connectivity index (χ0n) is 16.4. The van der Waals surface area contributed by atoms with Gasteiger partial charge in [-0.05, 0) is 17.9 Å². The van der Waals surface area contributed by atoms with Gasteiger partial charge in [-0.25, -0.2) is 4.79 Å². The molecule has 0 saturated carbocycles. The number of methoxy groups -OCH3 is 1. The van der Waals surface area contributed by atoms with Crippen molar-refractivity contribution in [3.63, 3.8) is 0 Å². The number of nitrogens with zero attached hydrogens (tertiary/aromatic N) is 3. The molecular formula is C19H27N3O4S. The van der Waals surface area contributed by atoms with Crippen LogP contribution < -0.4 is 4.90 Å². The van der Waals surface area contributed by atoms with E-state index in [4.69, 9.17) is 4.74 Å². The summed E-state index contributed by atoms with van der Waals surface area (Å²) in [6.07, 6.45) is 0.727. The van der Waals surface area contributed by atoms with Crippen LogP contribution in [0.3, 0.4) is 0 Å². The number of rotatable bonds is 3. The number of hydrogen-bond donors (Lipinski definition) is 0. The minimum Gasteiger partial charge on any atom is -0.465 e. The van der Waals surface area contributed by atoms with Gasteiger partial charge in [0.2, 0.25) is 11.8 Å². The first-order valence-electron chi connectivity index (χ1n) is 9.24. The van der Waals surface area contributed by atoms with Crippen molar-refractivity contribution in [2.45, 2.75) is 33.2 Å². The van der Waals surface area contributed by atoms with Gasteiger partial charge in [-0.1, -0.05) is 20.8 Å². The summed E-state index contributed by atoms with van der Waals surface area (Å²) < 4.78 is 4.82. The molecule has 3 rings (SSSR count). The van der Waals surface area contributed by atoms with Crippen LogP contribution in [0, 0.1) is 5.41 Å². The normalized spacial score (nSPS) is 21.6. The van der Waals surface area contributed by atoms with Crippen LogP contribution in [0.15, 0.2) is 11.4 Å². The Bertz CT molecular complexity index is 732. The third kappa shape index (κ3) is 3.87. The maximum Gasteiger partial charge on any atom is 0.340 e. The highest BCUT2D eigenvalue weighted by molar-refractivity contribution is 7.14. The van der Waals surface area contributed by atoms with Crippen LogP contribution in [0.1, 0.15) is 37.6 Å². The van der Waals surface area contributed by atoms with Crippen molar-refractivity contribution in [3.8, 4) is 0 Å². The van der Waals surface area contributed by atoms with E-state index in [0.29, 0.717) is 43.3 Å². The van der Waals surface area contributed by atoms with Gasteiger partial charge in [0.15, 0.2) is 0 Å². The number of esters is 1. The quantitative estimate of drug-likeness (QED) is 0.733. The molecule has 2 amide bonds. The molecule has 8 heteroatoms. The summed E-state index contributed by atoms with van der Waals surface area (Å²) in [5, 5.41) is 2.47. The number of anilines is 1. The van der Waals surface area contributed by atoms with Crippen LogP contribution in [-0.2, 0) is 14.3 Å². The molecule has 0 spiro atoms. The molecule has 2 fully saturated rings. The van der Waals surface area contributed by atoms with Crippen LogP contribution >= 0.6 is 11.3 Å². The van der Waals surface area contributed by atoms with Gasteiger partial charge in [-0.15, -0.1) is 11.3 Å². The first-order chi connectivity index (χ1) is 12.7. The Kier molecular flexibility index (Phi) is 5.58. The van der Waals surface area contributed by atoms with Crippen molar-refractivity contribution in [2.75, 3.05) is 44.7 Å². The SMILES string of the molecule is COC(=O)c1ccsc1N1CC[C@@H](N2CCN(C(=O)C(C)(C)C)CC2)C1=O. The maximum atomic E-state index is 13.0. The summed E-state index contributed by atoms with van der Waals surface area (Å²) >= 11 is 1.38. The van der Waals surface area contributed by atoms with Gasteiger partial charge < -0.3 is 14.5 Å². The van der Waals surface area contributed by atoms with Gasteiger partial charge in [-0.2, -0.15) is 0 Å². The van der Waals surface area contributed by atoms with Crippen molar-refractivity contribution in [1.29, 1.82) is 0 Å². The molecule has 1 atom stereocenters. The molecule has 0 bridgehead atoms. The summed E-state index contributed by atoms with van der Waals surface area (Å²) in [5.74, 6) is -0.238. The molecule has 2 aliphatic rings. The molecule has 0 aliphatic carbocycles. The van der Waals surface area contributed by atoms with Crippen molar-refractivity contribution in [2.24, 2.45) is 5.41 Å². The average Bonchev–Trinajstić information content (AvgIpc) is 3.26. The zero-order chi connectivity index (χ0) is 19.8. The first-order valence-corrected chi connectivity index (χ1v) is 10.1. The Morgan fingerprint density at radius 3 is 2.41 bits per heavy atom. The molecule has 0 unspecified atom stereocenters. The van der Waals surface area contributed by atoms with Crippen LogP contribution in [-0.4, -0.2) is 73.5 Å². The molecule has 3 heterocycles. The number of carbonyl (C=O) groups excluding carboxylic acids is 3. The lowest BCUT2D eigenvalue weighted by Gasteiger charge is -2.39. The Balaban J connectivity index is 1.64. The van der Waals surface area contributed by atoms with E-state index in [-0.39, 0.29) is 23.3 Å². The van der Waals surface area contributed by atoms with Crippen molar-refractivity contribution in [1.82, 2.24) is 9.80 Å². The fourth-order valence-corrected chi connectivity index (χ4v) is 4.61. The molecule has 2 saturated heterocycles. The van der Waals surface area contributed by atoms with Crippen LogP contribution in [0.25, 0.3) is 0 Å². The number of ether oxygens (including phenoxy) is 1. The first kappa shape index (κ1) is 19.8. The van der Waals surface area contributed by atoms with Gasteiger partial charge in [-0.3, -0.25) is 14.5 Å². The van der Waals surface area contributed by atoms with E-state index in [9.17, 15) is 14.4 Å². The van der Waals surface area contributed by atoms with E-state index >= 15 is 0 Å². The van der Waals surface area contributed by atoms with Gasteiger partial charge in [0.1, 0.15) is 5.00 Å². The summed E-state index contributed by atoms with van der Waals surface area (Å²) in [6, 6.07) is 1.51. The summed E-state index contributed by atoms with van der Waals surface area (Å²) in [6.45, 7) is 9.06. The van der Waals surface area contributed by atoms with E-state index in [0.717, 1.165) is 6.42 Å². The third-order valence-corrected chi connectivity index (χ3v) is 6.09. The Morgan fingerprint density at radius 2 is 1.81 bits per heavy atom. The number of piperazine rings is 1. The third-order valence-electron chi connectivity index (χ3n) is 5.16. The molecule has 0 radical (unpaired) electrons. The fraction of sp³-hybridized carbons (Fsp3) is 0.632. The van der Waals surface area contributed by atoms with E-state index in [2.05, 4.69) is 4.90 Å². The topological polar surface area (TPSA) is 70.2 Å². The number of hydrogen-bond acceptors (Lipinski definition) is 6. The average molecular weight is 394 g/mol. The lowest BCUT2D eigenvalue weighted by Crippen LogP contribution is -2.55. The predicted octanol–water partition coefficient (Wildman–Crippen LogP) is 1.83. The highest BCUT2D eigenvalue weighted by Crippen LogP contribution is 2.33. The minimum absolute atomic E-state index is 0.0261. The molecule has 148 valence electrons. The molecule has 7 nitrogen and oxygen atoms in total. The smallest absolute Gasteiger partial charge is 0.340 e. The number of amides is 2. The van der Waals surface area contributed by atoms with Gasteiger partial charge in [0, 0.05) is 38.1 Å². The highest BCUT2D eigenvalue weighted by Gasteiger charge is 2.40. The number of thiophene rings is 1. The Morgan fingerprint density at radius 1 is 1.15 bits per heavy atom. The molecule has 0 aromatic carbocycles. The Labute approximate surface area is 163 Å². The van der Waals surface area contributed by atoms with E-state index < -0.39 is 5.97 Å². The number of carbonyl (C=O) groups is 3. The second-order valence-corrected chi connectivity index (χ2v) is 8.90. The van der Waals surface area contributed by atoms with Crippen molar-refractivity contribution >= 4 is 34.1 Å². The largest absolute Gasteiger partial charge is 0.465 e. The zero-order valence-corrected chi connectivity index (χ0v) is 17.2. The van der Waals surface area contributed by atoms with Crippen LogP contribution in [0.4, 0.5) is 5.00 Å². The molecule has 0 N–H and O–H groups in total. The van der Waals surface area contributed by atoms with Gasteiger partial charge in [0.05, 0.1) is 18.7 Å². The summed E-state index contributed by atoms with van der Waals surface area (Å²) in [5.41, 5.74) is 0.0584. The second kappa shape index (κ2) is 7.59. The molecule has 1 aromatic rings. The van der Waals surface area contributed by atoms with Gasteiger partial charge >= 0.3 is 5.97 Å². The minimum atomic E-state index is -0.420. The van der Waals surface area contributed by atoms with E-state index in [1.165, 1.54) is 18.4 Å². The molecule has 27 heavy (non-hydrogen) atoms. The molecule has 1 aromatic heterocycles. The monoisotopic (exact) mass is 393 g/mol. The summed E-state index contributed by atoms with van der Waals surface area (Å²) in [4.78, 5) is 43.1. The molecule has 2 aliphatic heterocycles. The standard InChI is InChI=1S/C19H27N3O4S/c1-19(2,3)18(25)21-10-8-20(9-11-21)14-5-7-22(15(14)23)16-13(6-12-27-16)17(24)26-4/h6,12,14H,5,7-11H2,1-4H3/t14-/m1/s1. The van der Waals surface area contributed by atoms with Gasteiger partial charge in [0.25, 0.3) is 0 Å². The van der Waals surface area contributed by atoms with Crippen molar-refractivity contribution in [3.05, 3.63) is 17.0 Å². The van der Waals surface area contributed by atoms with E-state index in [1.54, 1.807) is 16.3 Å². The van der Waals surface area contributed by atoms with Crippen LogP contribution in [0.2, 0.25) is 0 Å². The second-order valence-electron chi connectivity index (χ2n) is 8.00. The Hall–Kier alpha value is -1.93. The predicted molar refractivity (Wildman–Crippen MR) is 104 cm³/mol. The lowest BCUT2D eigenvalue weighted by atomic mass is 9.94. The van der Waals surface area contributed by atoms with E-state index in [1.807, 2.05) is 25.7 Å². The summed E-state index contributed by atoms with van der Waals surface area (Å²) in [7, 11) is 1.34. The van der Waals surface area contributed by atoms with Crippen LogP contribution in [0.5, 0.6) is 0 Å². The molecular weight excluding hydrogens is 366 g/mol. The van der Waals surface area contributed by atoms with Crippen molar-refractivity contribution < 1.29 is 19.1 Å².